The highest BCUT2D eigenvalue weighted by molar-refractivity contribution is 6.15. The van der Waals surface area contributed by atoms with Crippen LogP contribution in [0, 0.1) is 0 Å². The Morgan fingerprint density at radius 2 is 1.02 bits per heavy atom. The normalized spacial score (nSPS) is 11.6. The average molecular weight is 705 g/mol. The number of aromatic nitrogens is 1. The van der Waals surface area contributed by atoms with E-state index in [1.165, 1.54) is 32.7 Å². The molecule has 0 unspecified atom stereocenters. The third kappa shape index (κ3) is 5.26. The zero-order chi connectivity index (χ0) is 36.3. The Morgan fingerprint density at radius 1 is 0.364 bits per heavy atom. The fourth-order valence-electron chi connectivity index (χ4n) is 8.04. The van der Waals surface area contributed by atoms with Crippen LogP contribution in [-0.2, 0) is 0 Å². The molecule has 4 heteroatoms. The van der Waals surface area contributed by atoms with Gasteiger partial charge in [0.1, 0.15) is 16.7 Å². The SMILES string of the molecule is c1ccc(-c2nc3cc4oc5ccc(-c6ccc(N(c7ccccc7-c7ccccc7)c7cc8ccccc8c8ccccc78)cc6)cc5c4cc3o2)cc1. The lowest BCUT2D eigenvalue weighted by Gasteiger charge is -2.29. The predicted octanol–water partition coefficient (Wildman–Crippen LogP) is 14.5. The summed E-state index contributed by atoms with van der Waals surface area (Å²) < 4.78 is 12.6. The minimum absolute atomic E-state index is 0.602. The maximum atomic E-state index is 6.34. The molecule has 0 spiro atoms. The summed E-state index contributed by atoms with van der Waals surface area (Å²) in [6.07, 6.45) is 0. The van der Waals surface area contributed by atoms with Gasteiger partial charge in [-0.25, -0.2) is 4.98 Å². The summed E-state index contributed by atoms with van der Waals surface area (Å²) in [5.41, 5.74) is 12.0. The van der Waals surface area contributed by atoms with Gasteiger partial charge in [0.2, 0.25) is 5.89 Å². The Bertz CT molecular complexity index is 3200. The van der Waals surface area contributed by atoms with Gasteiger partial charge in [-0.15, -0.1) is 0 Å². The summed E-state index contributed by atoms with van der Waals surface area (Å²) >= 11 is 0. The van der Waals surface area contributed by atoms with E-state index in [9.17, 15) is 0 Å². The maximum absolute atomic E-state index is 6.34. The Morgan fingerprint density at radius 3 is 1.84 bits per heavy atom. The number of benzene rings is 9. The van der Waals surface area contributed by atoms with Gasteiger partial charge in [0.25, 0.3) is 0 Å². The van der Waals surface area contributed by atoms with Crippen molar-refractivity contribution in [1.82, 2.24) is 4.98 Å². The van der Waals surface area contributed by atoms with Gasteiger partial charge in [0.15, 0.2) is 5.58 Å². The van der Waals surface area contributed by atoms with E-state index in [1.807, 2.05) is 36.4 Å². The Balaban J connectivity index is 1.05. The highest BCUT2D eigenvalue weighted by Crippen LogP contribution is 2.46. The molecule has 0 bridgehead atoms. The fourth-order valence-corrected chi connectivity index (χ4v) is 8.04. The lowest BCUT2D eigenvalue weighted by molar-refractivity contribution is 0.620. The second-order valence-corrected chi connectivity index (χ2v) is 13.9. The van der Waals surface area contributed by atoms with E-state index in [-0.39, 0.29) is 0 Å². The number of para-hydroxylation sites is 1. The molecule has 2 aromatic heterocycles. The van der Waals surface area contributed by atoms with E-state index in [0.717, 1.165) is 66.8 Å². The van der Waals surface area contributed by atoms with Crippen LogP contribution < -0.4 is 4.90 Å². The topological polar surface area (TPSA) is 42.4 Å². The first-order valence-electron chi connectivity index (χ1n) is 18.5. The van der Waals surface area contributed by atoms with Crippen LogP contribution in [0.5, 0.6) is 0 Å². The first-order valence-corrected chi connectivity index (χ1v) is 18.5. The summed E-state index contributed by atoms with van der Waals surface area (Å²) in [5, 5.41) is 6.92. The van der Waals surface area contributed by atoms with Gasteiger partial charge in [-0.1, -0.05) is 133 Å². The Kier molecular flexibility index (Phi) is 7.14. The Hall–Kier alpha value is -7.43. The number of nitrogens with zero attached hydrogens (tertiary/aromatic N) is 2. The van der Waals surface area contributed by atoms with Gasteiger partial charge < -0.3 is 13.7 Å². The molecule has 0 radical (unpaired) electrons. The van der Waals surface area contributed by atoms with Crippen molar-refractivity contribution < 1.29 is 8.83 Å². The third-order valence-electron chi connectivity index (χ3n) is 10.7. The van der Waals surface area contributed by atoms with Crippen LogP contribution in [0.15, 0.2) is 203 Å². The van der Waals surface area contributed by atoms with Crippen molar-refractivity contribution in [3.63, 3.8) is 0 Å². The van der Waals surface area contributed by atoms with Gasteiger partial charge in [0, 0.05) is 39.0 Å². The highest BCUT2D eigenvalue weighted by atomic mass is 16.4. The van der Waals surface area contributed by atoms with Crippen molar-refractivity contribution in [2.24, 2.45) is 0 Å². The molecule has 0 saturated heterocycles. The lowest BCUT2D eigenvalue weighted by atomic mass is 9.97. The summed E-state index contributed by atoms with van der Waals surface area (Å²) in [5.74, 6) is 0.602. The summed E-state index contributed by atoms with van der Waals surface area (Å²) in [4.78, 5) is 7.17. The zero-order valence-corrected chi connectivity index (χ0v) is 29.7. The maximum Gasteiger partial charge on any atom is 0.227 e. The number of furan rings is 1. The van der Waals surface area contributed by atoms with E-state index in [4.69, 9.17) is 13.8 Å². The molecule has 0 fully saturated rings. The van der Waals surface area contributed by atoms with Crippen LogP contribution in [0.1, 0.15) is 0 Å². The number of anilines is 3. The number of rotatable bonds is 6. The van der Waals surface area contributed by atoms with Gasteiger partial charge in [-0.2, -0.15) is 0 Å². The van der Waals surface area contributed by atoms with Crippen molar-refractivity contribution in [1.29, 1.82) is 0 Å². The van der Waals surface area contributed by atoms with Crippen molar-refractivity contribution in [3.8, 4) is 33.7 Å². The molecule has 11 aromatic rings. The van der Waals surface area contributed by atoms with Crippen LogP contribution in [0.3, 0.4) is 0 Å². The molecule has 55 heavy (non-hydrogen) atoms. The fraction of sp³-hybridized carbons (Fsp3) is 0. The number of oxazole rings is 1. The molecule has 0 saturated carbocycles. The van der Waals surface area contributed by atoms with Crippen molar-refractivity contribution in [3.05, 3.63) is 194 Å². The molecule has 0 N–H and O–H groups in total. The van der Waals surface area contributed by atoms with Crippen molar-refractivity contribution in [2.45, 2.75) is 0 Å². The monoisotopic (exact) mass is 704 g/mol. The van der Waals surface area contributed by atoms with E-state index in [0.29, 0.717) is 5.89 Å². The minimum atomic E-state index is 0.602. The summed E-state index contributed by atoms with van der Waals surface area (Å²) in [6, 6.07) is 68.4. The summed E-state index contributed by atoms with van der Waals surface area (Å²) in [6.45, 7) is 0. The van der Waals surface area contributed by atoms with E-state index < -0.39 is 0 Å². The van der Waals surface area contributed by atoms with Crippen LogP contribution in [0.2, 0.25) is 0 Å². The lowest BCUT2D eigenvalue weighted by Crippen LogP contribution is -2.12. The van der Waals surface area contributed by atoms with Gasteiger partial charge >= 0.3 is 0 Å². The second kappa shape index (κ2) is 12.6. The van der Waals surface area contributed by atoms with Crippen LogP contribution in [-0.4, -0.2) is 4.98 Å². The van der Waals surface area contributed by atoms with Gasteiger partial charge in [-0.05, 0) is 87.4 Å². The molecule has 0 amide bonds. The van der Waals surface area contributed by atoms with Crippen molar-refractivity contribution in [2.75, 3.05) is 4.90 Å². The first-order chi connectivity index (χ1) is 27.2. The molecule has 0 aliphatic carbocycles. The van der Waals surface area contributed by atoms with E-state index >= 15 is 0 Å². The molecule has 9 aromatic carbocycles. The molecule has 0 aliphatic heterocycles. The highest BCUT2D eigenvalue weighted by Gasteiger charge is 2.21. The molecule has 258 valence electrons. The standard InChI is InChI=1S/C51H32N2O2/c1-3-13-34(14-4-1)40-19-11-12-22-46(40)53(47-30-37-17-7-8-18-39(37)41-20-9-10-21-42(41)47)38-26-23-33(24-27-38)36-25-28-48-43(29-36)44-31-50-45(32-49(44)54-48)52-51(55-50)35-15-5-2-6-16-35/h1-32H. The predicted molar refractivity (Wildman–Crippen MR) is 227 cm³/mol. The van der Waals surface area contributed by atoms with Gasteiger partial charge in [0.05, 0.1) is 11.4 Å². The quantitative estimate of drug-likeness (QED) is 0.162. The largest absolute Gasteiger partial charge is 0.456 e. The zero-order valence-electron chi connectivity index (χ0n) is 29.7. The average Bonchev–Trinajstić information content (AvgIpc) is 3.84. The second-order valence-electron chi connectivity index (χ2n) is 13.9. The van der Waals surface area contributed by atoms with Crippen LogP contribution in [0.4, 0.5) is 17.1 Å². The molecule has 0 aliphatic rings. The third-order valence-corrected chi connectivity index (χ3v) is 10.7. The van der Waals surface area contributed by atoms with Crippen molar-refractivity contribution >= 4 is 71.6 Å². The Labute approximate surface area is 317 Å². The minimum Gasteiger partial charge on any atom is -0.456 e. The molecular weight excluding hydrogens is 673 g/mol. The molecule has 2 heterocycles. The summed E-state index contributed by atoms with van der Waals surface area (Å²) in [7, 11) is 0. The number of fused-ring (bicyclic) bond motifs is 7. The van der Waals surface area contributed by atoms with Gasteiger partial charge in [-0.3, -0.25) is 0 Å². The first kappa shape index (κ1) is 31.1. The molecule has 4 nitrogen and oxygen atoms in total. The molecular formula is C51H32N2O2. The smallest absolute Gasteiger partial charge is 0.227 e. The van der Waals surface area contributed by atoms with Crippen LogP contribution in [0.25, 0.3) is 88.3 Å². The van der Waals surface area contributed by atoms with E-state index in [2.05, 4.69) is 163 Å². The molecule has 11 rings (SSSR count). The molecule has 0 atom stereocenters. The number of hydrogen-bond acceptors (Lipinski definition) is 4. The van der Waals surface area contributed by atoms with Crippen LogP contribution >= 0.6 is 0 Å². The number of hydrogen-bond donors (Lipinski definition) is 0. The van der Waals surface area contributed by atoms with E-state index in [1.54, 1.807) is 0 Å².